The van der Waals surface area contributed by atoms with Crippen molar-refractivity contribution in [3.63, 3.8) is 0 Å². The molecule has 1 aliphatic heterocycles. The molecule has 4 heteroatoms. The van der Waals surface area contributed by atoms with E-state index in [0.29, 0.717) is 0 Å². The molecule has 0 spiro atoms. The van der Waals surface area contributed by atoms with E-state index in [1.165, 1.54) is 114 Å². The van der Waals surface area contributed by atoms with Gasteiger partial charge in [0.15, 0.2) is 0 Å². The molecule has 337 valence electrons. The van der Waals surface area contributed by atoms with Crippen molar-refractivity contribution in [1.29, 1.82) is 0 Å². The zero-order chi connectivity index (χ0) is 46.9. The van der Waals surface area contributed by atoms with Crippen molar-refractivity contribution in [3.8, 4) is 55.6 Å². The van der Waals surface area contributed by atoms with Crippen molar-refractivity contribution in [3.05, 3.63) is 220 Å². The van der Waals surface area contributed by atoms with Crippen LogP contribution in [0, 0.1) is 25.7 Å². The van der Waals surface area contributed by atoms with Crippen LogP contribution in [0.4, 0.5) is 0 Å². The van der Waals surface area contributed by atoms with Gasteiger partial charge in [0.05, 0.1) is 0 Å². The van der Waals surface area contributed by atoms with E-state index >= 15 is 0 Å². The number of hydrogen-bond acceptors (Lipinski definition) is 0. The molecule has 0 fully saturated rings. The Balaban J connectivity index is 1.28. The minimum absolute atomic E-state index is 0.180. The maximum atomic E-state index is 9.69. The Kier molecular flexibility index (Phi) is 11.8. The number of hydrogen-bond donors (Lipinski definition) is 0. The molecule has 11 rings (SSSR count). The molecule has 0 amide bonds. The Morgan fingerprint density at radius 1 is 0.456 bits per heavy atom. The molecule has 3 aliphatic rings. The van der Waals surface area contributed by atoms with Crippen LogP contribution in [0.5, 0.6) is 0 Å². The van der Waals surface area contributed by atoms with Gasteiger partial charge in [-0.05, 0) is 0 Å². The zero-order valence-electron chi connectivity index (χ0n) is 40.1. The van der Waals surface area contributed by atoms with Gasteiger partial charge in [-0.15, -0.1) is 0 Å². The normalized spacial score (nSPS) is 17.6. The topological polar surface area (TPSA) is 0 Å². The van der Waals surface area contributed by atoms with E-state index in [1.807, 2.05) is 0 Å². The Labute approximate surface area is 414 Å². The van der Waals surface area contributed by atoms with Gasteiger partial charge in [-0.3, -0.25) is 0 Å². The van der Waals surface area contributed by atoms with Crippen molar-refractivity contribution in [2.24, 2.45) is 11.8 Å². The molecule has 4 atom stereocenters. The van der Waals surface area contributed by atoms with Crippen LogP contribution in [0.1, 0.15) is 81.2 Å². The Hall–Kier alpha value is -5.08. The van der Waals surface area contributed by atoms with E-state index in [0.717, 1.165) is 12.8 Å². The molecule has 0 bridgehead atoms. The number of allylic oxidation sites excluding steroid dienone is 2. The number of fused-ring (bicyclic) bond motifs is 5. The van der Waals surface area contributed by atoms with E-state index in [1.54, 1.807) is 0 Å². The fourth-order valence-electron chi connectivity index (χ4n) is 12.5. The van der Waals surface area contributed by atoms with Gasteiger partial charge in [-0.1, -0.05) is 0 Å². The Morgan fingerprint density at radius 2 is 0.882 bits per heavy atom. The summed E-state index contributed by atoms with van der Waals surface area (Å²) in [5.74, 6) is 0.488. The molecular weight excluding hydrogens is 959 g/mol. The van der Waals surface area contributed by atoms with Gasteiger partial charge in [0, 0.05) is 0 Å². The van der Waals surface area contributed by atoms with E-state index in [2.05, 4.69) is 230 Å². The Bertz CT molecular complexity index is 3170. The number of halogens is 2. The standard InChI is InChI=1S/2C26H25.C12H9Si.2ClH.Zr/c2*1-4-18(2)22-16-21-14-15-24(20-11-6-5-7-12-20)26(25(21)17-22)23-13-9-8-10-19(23)3;1-3-7-11-9(5-1)10-6-2-4-8-12(10)13-11;;;/h2*5-18H,4H2,1-3H3;1-7H,13H2;2*1H;/q;;;;;+2/p-2. The van der Waals surface area contributed by atoms with Crippen molar-refractivity contribution in [2.75, 3.05) is 0 Å². The van der Waals surface area contributed by atoms with E-state index in [-0.39, 0.29) is 19.1 Å². The summed E-state index contributed by atoms with van der Waals surface area (Å²) < 4.78 is 0.921. The third kappa shape index (κ3) is 7.07. The monoisotopic (exact) mass is 1020 g/mol. The van der Waals surface area contributed by atoms with E-state index < -0.39 is 25.9 Å². The predicted molar refractivity (Wildman–Crippen MR) is 295 cm³/mol. The third-order valence-corrected chi connectivity index (χ3v) is 38.9. The average molecular weight is 1020 g/mol. The van der Waals surface area contributed by atoms with Crippen molar-refractivity contribution in [2.45, 2.75) is 61.6 Å². The summed E-state index contributed by atoms with van der Waals surface area (Å²) in [6.07, 6.45) is 7.13. The predicted octanol–water partition coefficient (Wildman–Crippen LogP) is 16.1. The molecule has 0 saturated carbocycles. The Morgan fingerprint density at radius 3 is 1.35 bits per heavy atom. The minimum atomic E-state index is -5.91. The van der Waals surface area contributed by atoms with E-state index in [4.69, 9.17) is 0 Å². The van der Waals surface area contributed by atoms with Crippen LogP contribution < -0.4 is 13.6 Å². The molecule has 68 heavy (non-hydrogen) atoms. The van der Waals surface area contributed by atoms with Gasteiger partial charge in [0.2, 0.25) is 0 Å². The first kappa shape index (κ1) is 45.4. The number of rotatable bonds is 11. The fourth-order valence-corrected chi connectivity index (χ4v) is 40.5. The number of benzene rings is 8. The summed E-state index contributed by atoms with van der Waals surface area (Å²) in [6.45, 7) is 14.1. The second kappa shape index (κ2) is 17.7. The second-order valence-electron chi connectivity index (χ2n) is 19.9. The van der Waals surface area contributed by atoms with Crippen molar-refractivity contribution in [1.82, 2.24) is 0 Å². The van der Waals surface area contributed by atoms with Gasteiger partial charge in [-0.25, -0.2) is 0 Å². The molecule has 0 N–H and O–H groups in total. The second-order valence-corrected chi connectivity index (χ2v) is 42.4. The van der Waals surface area contributed by atoms with Crippen LogP contribution >= 0.6 is 17.0 Å². The van der Waals surface area contributed by atoms with Crippen LogP contribution in [-0.2, 0) is 16.4 Å². The first-order chi connectivity index (χ1) is 33.0. The first-order valence-corrected chi connectivity index (χ1v) is 36.6. The quantitative estimate of drug-likeness (QED) is 0.113. The van der Waals surface area contributed by atoms with Gasteiger partial charge in [0.1, 0.15) is 0 Å². The summed E-state index contributed by atoms with van der Waals surface area (Å²) >= 11 is -5.91. The van der Waals surface area contributed by atoms with Crippen LogP contribution in [-0.4, -0.2) is 9.52 Å². The summed E-state index contributed by atoms with van der Waals surface area (Å²) in [7, 11) is 18.4. The molecular formula is C64H59Cl2SiZr. The molecule has 4 unspecified atom stereocenters. The molecule has 8 aromatic carbocycles. The van der Waals surface area contributed by atoms with Gasteiger partial charge >= 0.3 is 418 Å². The van der Waals surface area contributed by atoms with E-state index in [9.17, 15) is 17.0 Å². The van der Waals surface area contributed by atoms with Crippen LogP contribution in [0.3, 0.4) is 0 Å². The molecule has 0 radical (unpaired) electrons. The van der Waals surface area contributed by atoms with Gasteiger partial charge < -0.3 is 0 Å². The van der Waals surface area contributed by atoms with Crippen LogP contribution in [0.15, 0.2) is 187 Å². The maximum absolute atomic E-state index is 9.69. The summed E-state index contributed by atoms with van der Waals surface area (Å²) in [6, 6.07) is 65.6. The zero-order valence-corrected chi connectivity index (χ0v) is 45.5. The number of aryl methyl sites for hydroxylation is 2. The summed E-state index contributed by atoms with van der Waals surface area (Å²) in [5.41, 5.74) is 23.1. The first-order valence-electron chi connectivity index (χ1n) is 24.8. The summed E-state index contributed by atoms with van der Waals surface area (Å²) in [4.78, 5) is 0. The van der Waals surface area contributed by atoms with Crippen LogP contribution in [0.25, 0.3) is 67.8 Å². The van der Waals surface area contributed by atoms with Gasteiger partial charge in [0.25, 0.3) is 0 Å². The average Bonchev–Trinajstić information content (AvgIpc) is 4.10. The molecule has 1 heterocycles. The molecule has 0 saturated heterocycles. The molecule has 8 aromatic rings. The fraction of sp³-hybridized carbons (Fsp3) is 0.188. The third-order valence-electron chi connectivity index (χ3n) is 16.3. The molecule has 0 nitrogen and oxygen atoms in total. The molecule has 0 aromatic heterocycles. The van der Waals surface area contributed by atoms with Crippen LogP contribution in [0.2, 0.25) is 0 Å². The van der Waals surface area contributed by atoms with Crippen molar-refractivity contribution < 1.29 is 16.4 Å². The van der Waals surface area contributed by atoms with Gasteiger partial charge in [-0.2, -0.15) is 0 Å². The van der Waals surface area contributed by atoms with Crippen molar-refractivity contribution >= 4 is 52.3 Å². The SMILES string of the molecule is CCC(C)C1=Cc2c(ccc(-c3ccccc3)c2-c2ccccc2C)[CH]1[Zr]([Cl])([Cl])([c]1cccc2c1[SiH2]c1ccccc1-2)[CH]1C(C(C)CC)=Cc2c1ccc(-c1ccccc1)c2-c1ccccc1C. The molecule has 2 aliphatic carbocycles. The summed E-state index contributed by atoms with van der Waals surface area (Å²) in [5, 5.41) is 2.94.